The van der Waals surface area contributed by atoms with Crippen molar-refractivity contribution in [1.29, 1.82) is 0 Å². The van der Waals surface area contributed by atoms with Crippen LogP contribution in [0.2, 0.25) is 0 Å². The van der Waals surface area contributed by atoms with Crippen molar-refractivity contribution in [2.45, 2.75) is 32.7 Å². The number of pyridine rings is 1. The van der Waals surface area contributed by atoms with Crippen molar-refractivity contribution in [3.8, 4) is 0 Å². The van der Waals surface area contributed by atoms with Gasteiger partial charge in [0.25, 0.3) is 0 Å². The third-order valence-electron chi connectivity index (χ3n) is 3.76. The first-order valence-corrected chi connectivity index (χ1v) is 6.50. The quantitative estimate of drug-likeness (QED) is 0.832. The lowest BCUT2D eigenvalue weighted by Crippen LogP contribution is -2.46. The second-order valence-corrected chi connectivity index (χ2v) is 5.21. The molecule has 1 aromatic heterocycles. The van der Waals surface area contributed by atoms with Gasteiger partial charge in [0.1, 0.15) is 5.82 Å². The van der Waals surface area contributed by atoms with Gasteiger partial charge in [-0.3, -0.25) is 9.59 Å². The summed E-state index contributed by atoms with van der Waals surface area (Å²) in [4.78, 5) is 28.6. The van der Waals surface area contributed by atoms with Crippen LogP contribution in [-0.2, 0) is 4.79 Å². The van der Waals surface area contributed by atoms with Crippen molar-refractivity contribution in [1.82, 2.24) is 4.98 Å². The number of primary amides is 1. The maximum atomic E-state index is 11.4. The molecule has 1 saturated heterocycles. The fourth-order valence-electron chi connectivity index (χ4n) is 2.59. The number of aldehydes is 1. The second-order valence-electron chi connectivity index (χ2n) is 5.21. The van der Waals surface area contributed by atoms with E-state index in [0.717, 1.165) is 30.5 Å². The van der Waals surface area contributed by atoms with Gasteiger partial charge in [-0.2, -0.15) is 0 Å². The van der Waals surface area contributed by atoms with E-state index in [9.17, 15) is 9.59 Å². The van der Waals surface area contributed by atoms with E-state index in [1.54, 1.807) is 6.20 Å². The Bertz CT molecular complexity index is 501. The standard InChI is InChI=1S/C14H19N3O2/c1-9-5-11(8-18)6-16-14(9)17-7-12(13(15)19)4-3-10(17)2/h5-6,8,10,12H,3-4,7H2,1-2H3,(H2,15,19). The largest absolute Gasteiger partial charge is 0.369 e. The van der Waals surface area contributed by atoms with Gasteiger partial charge in [0, 0.05) is 24.3 Å². The van der Waals surface area contributed by atoms with Crippen LogP contribution in [0.3, 0.4) is 0 Å². The number of nitrogens with zero attached hydrogens (tertiary/aromatic N) is 2. The van der Waals surface area contributed by atoms with Crippen LogP contribution >= 0.6 is 0 Å². The molecule has 1 amide bonds. The molecular weight excluding hydrogens is 242 g/mol. The average Bonchev–Trinajstić information content (AvgIpc) is 2.39. The Morgan fingerprint density at radius 1 is 1.53 bits per heavy atom. The van der Waals surface area contributed by atoms with Crippen LogP contribution in [0.15, 0.2) is 12.3 Å². The van der Waals surface area contributed by atoms with E-state index in [4.69, 9.17) is 5.73 Å². The summed E-state index contributed by atoms with van der Waals surface area (Å²) in [6.45, 7) is 4.65. The van der Waals surface area contributed by atoms with Crippen molar-refractivity contribution < 1.29 is 9.59 Å². The monoisotopic (exact) mass is 261 g/mol. The van der Waals surface area contributed by atoms with Crippen LogP contribution in [0.25, 0.3) is 0 Å². The summed E-state index contributed by atoms with van der Waals surface area (Å²) in [6.07, 6.45) is 4.11. The zero-order valence-electron chi connectivity index (χ0n) is 11.3. The number of piperidine rings is 1. The molecule has 1 aromatic rings. The molecular formula is C14H19N3O2. The lowest BCUT2D eigenvalue weighted by molar-refractivity contribution is -0.122. The van der Waals surface area contributed by atoms with Gasteiger partial charge in [-0.05, 0) is 38.3 Å². The van der Waals surface area contributed by atoms with E-state index in [2.05, 4.69) is 16.8 Å². The molecule has 0 aliphatic carbocycles. The molecule has 1 fully saturated rings. The lowest BCUT2D eigenvalue weighted by atomic mass is 9.92. The van der Waals surface area contributed by atoms with Gasteiger partial charge in [-0.15, -0.1) is 0 Å². The molecule has 0 spiro atoms. The van der Waals surface area contributed by atoms with Gasteiger partial charge in [-0.25, -0.2) is 4.98 Å². The summed E-state index contributed by atoms with van der Waals surface area (Å²) < 4.78 is 0. The second kappa shape index (κ2) is 5.38. The van der Waals surface area contributed by atoms with E-state index < -0.39 is 0 Å². The Labute approximate surface area is 112 Å². The van der Waals surface area contributed by atoms with E-state index in [1.165, 1.54) is 0 Å². The molecule has 5 heteroatoms. The minimum atomic E-state index is -0.251. The molecule has 2 heterocycles. The van der Waals surface area contributed by atoms with Crippen molar-refractivity contribution in [3.05, 3.63) is 23.4 Å². The summed E-state index contributed by atoms with van der Waals surface area (Å²) in [5.74, 6) is 0.464. The molecule has 0 aromatic carbocycles. The first-order valence-electron chi connectivity index (χ1n) is 6.50. The van der Waals surface area contributed by atoms with Gasteiger partial charge < -0.3 is 10.6 Å². The molecule has 102 valence electrons. The zero-order chi connectivity index (χ0) is 14.0. The van der Waals surface area contributed by atoms with Gasteiger partial charge in [0.15, 0.2) is 6.29 Å². The fraction of sp³-hybridized carbons (Fsp3) is 0.500. The van der Waals surface area contributed by atoms with Crippen molar-refractivity contribution in [2.24, 2.45) is 11.7 Å². The Morgan fingerprint density at radius 3 is 2.84 bits per heavy atom. The lowest BCUT2D eigenvalue weighted by Gasteiger charge is -2.38. The molecule has 1 aliphatic rings. The number of aryl methyl sites for hydroxylation is 1. The van der Waals surface area contributed by atoms with E-state index in [-0.39, 0.29) is 11.8 Å². The number of hydrogen-bond acceptors (Lipinski definition) is 4. The number of carbonyl (C=O) groups is 2. The van der Waals surface area contributed by atoms with Gasteiger partial charge in [-0.1, -0.05) is 0 Å². The maximum Gasteiger partial charge on any atom is 0.222 e. The molecule has 0 radical (unpaired) electrons. The minimum absolute atomic E-state index is 0.122. The summed E-state index contributed by atoms with van der Waals surface area (Å²) in [6, 6.07) is 2.14. The number of carbonyl (C=O) groups excluding carboxylic acids is 2. The number of hydrogen-bond donors (Lipinski definition) is 1. The third kappa shape index (κ3) is 2.75. The van der Waals surface area contributed by atoms with Crippen LogP contribution in [-0.4, -0.2) is 29.8 Å². The molecule has 19 heavy (non-hydrogen) atoms. The molecule has 2 rings (SSSR count). The Hall–Kier alpha value is -1.91. The predicted molar refractivity (Wildman–Crippen MR) is 73.1 cm³/mol. The summed E-state index contributed by atoms with van der Waals surface area (Å²) in [5, 5.41) is 0. The van der Waals surface area contributed by atoms with E-state index in [1.807, 2.05) is 13.0 Å². The molecule has 2 unspecified atom stereocenters. The van der Waals surface area contributed by atoms with Crippen molar-refractivity contribution in [2.75, 3.05) is 11.4 Å². The van der Waals surface area contributed by atoms with Crippen LogP contribution < -0.4 is 10.6 Å². The van der Waals surface area contributed by atoms with Crippen molar-refractivity contribution in [3.63, 3.8) is 0 Å². The first kappa shape index (κ1) is 13.5. The SMILES string of the molecule is Cc1cc(C=O)cnc1N1CC(C(N)=O)CCC1C. The Morgan fingerprint density at radius 2 is 2.26 bits per heavy atom. The number of amides is 1. The molecule has 2 atom stereocenters. The molecule has 1 aliphatic heterocycles. The fourth-order valence-corrected chi connectivity index (χ4v) is 2.59. The predicted octanol–water partition coefficient (Wildman–Crippen LogP) is 1.29. The third-order valence-corrected chi connectivity index (χ3v) is 3.76. The van der Waals surface area contributed by atoms with Gasteiger partial charge in [0.05, 0.1) is 5.92 Å². The highest BCUT2D eigenvalue weighted by Gasteiger charge is 2.30. The summed E-state index contributed by atoms with van der Waals surface area (Å²) in [7, 11) is 0. The highest BCUT2D eigenvalue weighted by molar-refractivity contribution is 5.78. The molecule has 5 nitrogen and oxygen atoms in total. The zero-order valence-corrected chi connectivity index (χ0v) is 11.3. The first-order chi connectivity index (χ1) is 9.02. The number of aromatic nitrogens is 1. The number of nitrogens with two attached hydrogens (primary N) is 1. The van der Waals surface area contributed by atoms with Crippen molar-refractivity contribution >= 4 is 18.0 Å². The van der Waals surface area contributed by atoms with E-state index in [0.29, 0.717) is 18.2 Å². The summed E-state index contributed by atoms with van der Waals surface area (Å²) >= 11 is 0. The molecule has 0 saturated carbocycles. The van der Waals surface area contributed by atoms with Crippen LogP contribution in [0, 0.1) is 12.8 Å². The minimum Gasteiger partial charge on any atom is -0.369 e. The van der Waals surface area contributed by atoms with Crippen LogP contribution in [0.1, 0.15) is 35.7 Å². The Kier molecular flexibility index (Phi) is 3.83. The van der Waals surface area contributed by atoms with Crippen LogP contribution in [0.4, 0.5) is 5.82 Å². The number of anilines is 1. The van der Waals surface area contributed by atoms with Gasteiger partial charge >= 0.3 is 0 Å². The van der Waals surface area contributed by atoms with Gasteiger partial charge in [0.2, 0.25) is 5.91 Å². The average molecular weight is 261 g/mol. The Balaban J connectivity index is 2.28. The maximum absolute atomic E-state index is 11.4. The van der Waals surface area contributed by atoms with Crippen LogP contribution in [0.5, 0.6) is 0 Å². The summed E-state index contributed by atoms with van der Waals surface area (Å²) in [5.41, 5.74) is 6.92. The molecule has 2 N–H and O–H groups in total. The highest BCUT2D eigenvalue weighted by atomic mass is 16.1. The van der Waals surface area contributed by atoms with E-state index >= 15 is 0 Å². The highest BCUT2D eigenvalue weighted by Crippen LogP contribution is 2.28. The smallest absolute Gasteiger partial charge is 0.222 e. The number of rotatable bonds is 3. The normalized spacial score (nSPS) is 23.2. The topological polar surface area (TPSA) is 76.3 Å². The molecule has 0 bridgehead atoms.